The van der Waals surface area contributed by atoms with Crippen molar-refractivity contribution in [3.8, 4) is 0 Å². The predicted octanol–water partition coefficient (Wildman–Crippen LogP) is 26.1. The molecule has 0 aromatic heterocycles. The van der Waals surface area contributed by atoms with Gasteiger partial charge in [-0.2, -0.15) is 0 Å². The lowest BCUT2D eigenvalue weighted by Crippen LogP contribution is -2.69. The van der Waals surface area contributed by atoms with Gasteiger partial charge in [0.1, 0.15) is 17.8 Å². The highest BCUT2D eigenvalue weighted by Crippen LogP contribution is 2.81. The maximum Gasteiger partial charge on any atom is 0.329 e. The first-order valence-corrected chi connectivity index (χ1v) is 48.3. The fourth-order valence-corrected chi connectivity index (χ4v) is 24.7. The number of carbonyl (C=O) groups excluding carboxylic acids is 6. The van der Waals surface area contributed by atoms with Crippen LogP contribution >= 0.6 is 11.8 Å². The number of amides is 2. The first-order valence-electron chi connectivity index (χ1n) is 47.4. The Morgan fingerprint density at radius 2 is 0.888 bits per heavy atom. The third-order valence-corrected chi connectivity index (χ3v) is 46.1. The van der Waals surface area contributed by atoms with Crippen molar-refractivity contribution in [1.29, 1.82) is 0 Å². The van der Waals surface area contributed by atoms with Crippen LogP contribution in [0.4, 0.5) is 0 Å². The largest absolute Gasteiger partial charge is 0.467 e. The first kappa shape index (κ1) is 117. The molecule has 16 heteroatoms. The molecule has 2 bridgehead atoms. The fourth-order valence-electron chi connectivity index (χ4n) is 23.6. The molecule has 0 aromatic rings. The molecule has 2 aliphatic rings. The van der Waals surface area contributed by atoms with Gasteiger partial charge in [0.05, 0.1) is 35.5 Å². The normalized spacial score (nSPS) is 22.3. The molecule has 1 heterocycles. The first-order chi connectivity index (χ1) is 55.1. The molecule has 4 N–H and O–H groups in total. The molecule has 0 saturated carbocycles. The molecule has 1 aliphatic carbocycles. The van der Waals surface area contributed by atoms with E-state index in [1.54, 1.807) is 19.1 Å². The van der Waals surface area contributed by atoms with Crippen molar-refractivity contribution < 1.29 is 52.8 Å². The minimum absolute atomic E-state index is 0.00415. The Morgan fingerprint density at radius 3 is 1.20 bits per heavy atom. The summed E-state index contributed by atoms with van der Waals surface area (Å²) in [5, 5.41) is 22.1. The van der Waals surface area contributed by atoms with Gasteiger partial charge in [-0.15, -0.1) is 11.8 Å². The van der Waals surface area contributed by atoms with Gasteiger partial charge in [0.15, 0.2) is 6.10 Å². The topological polar surface area (TPSA) is 199 Å². The number of nitrogens with zero attached hydrogens (tertiary/aromatic N) is 1. The lowest BCUT2D eigenvalue weighted by Gasteiger charge is -2.75. The van der Waals surface area contributed by atoms with Crippen molar-refractivity contribution in [2.45, 2.75) is 416 Å². The molecule has 1 aliphatic heterocycles. The van der Waals surface area contributed by atoms with Crippen LogP contribution in [0.1, 0.15) is 380 Å². The third kappa shape index (κ3) is 18.9. The molecule has 0 aromatic carbocycles. The lowest BCUT2D eigenvalue weighted by atomic mass is 9.29. The van der Waals surface area contributed by atoms with E-state index in [9.17, 15) is 24.3 Å². The van der Waals surface area contributed by atoms with Gasteiger partial charge in [-0.3, -0.25) is 24.0 Å². The van der Waals surface area contributed by atoms with Crippen LogP contribution in [0.5, 0.6) is 0 Å². The molecule has 0 unspecified atom stereocenters. The van der Waals surface area contributed by atoms with Gasteiger partial charge in [0.2, 0.25) is 17.5 Å². The quantitative estimate of drug-likeness (QED) is 0.0198. The number of aliphatic hydroxyl groups excluding tert-OH is 1. The van der Waals surface area contributed by atoms with E-state index in [0.29, 0.717) is 24.5 Å². The molecule has 15 nitrogen and oxygen atoms in total. The Hall–Kier alpha value is -4.09. The van der Waals surface area contributed by atoms with Crippen LogP contribution in [0.2, 0.25) is 0 Å². The zero-order valence-corrected chi connectivity index (χ0v) is 92.7. The molecular formula is C109H198N4O11S. The van der Waals surface area contributed by atoms with Crippen molar-refractivity contribution in [2.24, 2.45) is 137 Å². The number of hydrogen-bond acceptors (Lipinski definition) is 14. The maximum atomic E-state index is 15.7. The van der Waals surface area contributed by atoms with Crippen LogP contribution in [0.3, 0.4) is 0 Å². The van der Waals surface area contributed by atoms with Crippen LogP contribution in [-0.2, 0) is 47.7 Å². The van der Waals surface area contributed by atoms with Crippen LogP contribution < -0.4 is 16.0 Å². The molecular weight excluding hydrogens is 1570 g/mol. The Balaban J connectivity index is 3.12. The van der Waals surface area contributed by atoms with Gasteiger partial charge in [0.25, 0.3) is 12.4 Å². The molecule has 0 saturated heterocycles. The molecule has 125 heavy (non-hydrogen) atoms. The Kier molecular flexibility index (Phi) is 35.3. The number of thioether (sulfide) groups is 1. The number of esters is 1. The Bertz CT molecular complexity index is 4000. The van der Waals surface area contributed by atoms with Gasteiger partial charge < -0.3 is 44.9 Å². The molecule has 2 amide bonds. The molecule has 0 spiro atoms. The van der Waals surface area contributed by atoms with Gasteiger partial charge in [-0.05, 0) is 191 Å². The highest BCUT2D eigenvalue weighted by molar-refractivity contribution is 8.04. The number of allylic oxidation sites excluding steroid dienone is 4. The van der Waals surface area contributed by atoms with Crippen LogP contribution in [0.15, 0.2) is 57.3 Å². The van der Waals surface area contributed by atoms with Gasteiger partial charge in [0, 0.05) is 49.9 Å². The number of likely N-dealkylation sites (N-methyl/N-ethyl adjacent to an activating group) is 1. The number of Topliss-reactive ketones (excluding diaryl/α,β-unsaturated/α-hetero) is 2. The number of rotatable bonds is 37. The van der Waals surface area contributed by atoms with E-state index in [4.69, 9.17) is 18.9 Å². The molecule has 0 fully saturated rings. The monoisotopic (exact) mass is 1770 g/mol. The van der Waals surface area contributed by atoms with E-state index < -0.39 is 98.9 Å². The van der Waals surface area contributed by atoms with Crippen molar-refractivity contribution >= 4 is 47.6 Å². The maximum absolute atomic E-state index is 15.7. The van der Waals surface area contributed by atoms with Crippen LogP contribution in [-0.4, -0.2) is 129 Å². The molecule has 726 valence electrons. The number of ether oxygens (including phenoxy) is 4. The van der Waals surface area contributed by atoms with Gasteiger partial charge in [-0.25, -0.2) is 4.79 Å². The van der Waals surface area contributed by atoms with E-state index in [-0.39, 0.29) is 150 Å². The predicted molar refractivity (Wildman–Crippen MR) is 530 cm³/mol. The summed E-state index contributed by atoms with van der Waals surface area (Å²) in [4.78, 5) is 85.5. The summed E-state index contributed by atoms with van der Waals surface area (Å²) in [6.07, 6.45) is 2.93. The van der Waals surface area contributed by atoms with Gasteiger partial charge in [-0.1, -0.05) is 357 Å². The average Bonchev–Trinajstić information content (AvgIpc) is 0.633. The van der Waals surface area contributed by atoms with E-state index in [1.165, 1.54) is 27.2 Å². The number of hydrogen-bond donors (Lipinski definition) is 4. The van der Waals surface area contributed by atoms with Crippen LogP contribution in [0.25, 0.3) is 0 Å². The molecule has 0 radical (unpaired) electrons. The second-order valence-electron chi connectivity index (χ2n) is 52.0. The van der Waals surface area contributed by atoms with Crippen molar-refractivity contribution in [3.63, 3.8) is 0 Å². The van der Waals surface area contributed by atoms with E-state index >= 15 is 9.59 Å². The van der Waals surface area contributed by atoms with Crippen LogP contribution in [0, 0.1) is 137 Å². The standard InChI is InChI=1S/C109H198N4O11S/c1-68(2)87(8,9)88(10,11)89(12,13)90(14,15)91(16,17)92(18,19)93(20,21)94(22,23)95(24,25)96(26,27)97(28,29)98(30,31)99(32,33)100(34,35)101(36,37)102(38,39)103(40,41)104(42,43)105(44,45)106(46,47)107(48,49)108(50,51)109(52,53)124-77-64-69(3)63-74-78(110-61-62-113(54)55)82(118)84(125-66-75(86(120)122-57)111-73(7)115)79(81(74)117)112-85(119)70(4)59-58-60-76(121-56)83(123-67-114)72(6)65-71(5)80(77)116/h58-60,65,67-69,71,75-77,80,83,110,116H,61-64,66H2,1-57H3,(H,111,115)(H,112,119)/b60-58-,70-59+,72-65+/t69-,71+,75+,76+,77+,80-,83+/m1/s1. The summed E-state index contributed by atoms with van der Waals surface area (Å²) in [5.41, 5.74) is -6.12. The number of aliphatic hydroxyl groups is 1. The van der Waals surface area contributed by atoms with Crippen molar-refractivity contribution in [3.05, 3.63) is 57.3 Å². The smallest absolute Gasteiger partial charge is 0.329 e. The van der Waals surface area contributed by atoms with Gasteiger partial charge >= 0.3 is 5.97 Å². The third-order valence-electron chi connectivity index (χ3n) is 44.9. The highest BCUT2D eigenvalue weighted by Gasteiger charge is 2.74. The fraction of sp³-hybridized carbons (Fsp3) is 0.853. The average molecular weight is 1770 g/mol. The molecule has 2 rings (SSSR count). The van der Waals surface area contributed by atoms with E-state index in [1.807, 2.05) is 45.8 Å². The number of ketones is 2. The Morgan fingerprint density at radius 1 is 0.544 bits per heavy atom. The summed E-state index contributed by atoms with van der Waals surface area (Å²) in [7, 11) is 6.48. The number of nitrogens with one attached hydrogen (secondary N) is 3. The number of carbonyl (C=O) groups is 6. The summed E-state index contributed by atoms with van der Waals surface area (Å²) in [6, 6.07) is -1.21. The van der Waals surface area contributed by atoms with Crippen molar-refractivity contribution in [1.82, 2.24) is 20.9 Å². The molecule has 7 atom stereocenters. The highest BCUT2D eigenvalue weighted by atomic mass is 32.2. The zero-order valence-electron chi connectivity index (χ0n) is 91.9. The lowest BCUT2D eigenvalue weighted by molar-refractivity contribution is -0.275. The number of methoxy groups -OCH3 is 2. The minimum atomic E-state index is -1.21. The summed E-state index contributed by atoms with van der Waals surface area (Å²) in [6.45, 7) is 131. The Labute approximate surface area is 773 Å². The second-order valence-corrected chi connectivity index (χ2v) is 53.1. The summed E-state index contributed by atoms with van der Waals surface area (Å²) >= 11 is 0.854. The summed E-state index contributed by atoms with van der Waals surface area (Å²) < 4.78 is 24.6. The zero-order chi connectivity index (χ0) is 99.8. The van der Waals surface area contributed by atoms with Crippen molar-refractivity contribution in [2.75, 3.05) is 47.2 Å². The SMILES string of the molecule is COC(=O)[C@H](CSC1=C2NC(=O)/C(C)=C/C=C\[C@H](OC)[C@@H](OC=O)/C(C)=C/[C@H](C)[C@@H](O)[C@@H](OC(C)(C)C(C)(C)C(C)(C)C(C)(C)C(C)(C)C(C)(C)C(C)(C)C(C)(C)C(C)(C)C(C)(C)C(C)(C)C(C)(C)C(C)(C)C(C)(C)C(C)(C)C(C)(C)C(C)(C)C(C)(C)C(C)(C)C(C)(C)C(C)(C)C(C)(C)C(C)(C)C(C)C)C[C@H](C)CC(=C(NCCN(C)C)C1=O)C2=O)NC(C)=O. The minimum Gasteiger partial charge on any atom is -0.467 e. The van der Waals surface area contributed by atoms with E-state index in [0.717, 1.165) is 11.8 Å². The second kappa shape index (κ2) is 37.8. The number of fused-ring (bicyclic) bond motifs is 2. The van der Waals surface area contributed by atoms with E-state index in [2.05, 4.69) is 348 Å². The summed E-state index contributed by atoms with van der Waals surface area (Å²) in [5.74, 6) is -3.96.